The van der Waals surface area contributed by atoms with Crippen LogP contribution in [-0.4, -0.2) is 33.7 Å². The Morgan fingerprint density at radius 2 is 2.10 bits per heavy atom. The molecule has 0 aliphatic heterocycles. The molecule has 0 aromatic carbocycles. The van der Waals surface area contributed by atoms with E-state index >= 15 is 0 Å². The van der Waals surface area contributed by atoms with Gasteiger partial charge in [-0.05, 0) is 5.92 Å². The highest BCUT2D eigenvalue weighted by molar-refractivity contribution is 7.90. The molecule has 0 saturated heterocycles. The molecule has 2 heterocycles. The molecule has 0 radical (unpaired) electrons. The maximum atomic E-state index is 12.1. The first-order valence-corrected chi connectivity index (χ1v) is 7.84. The van der Waals surface area contributed by atoms with Crippen LogP contribution in [-0.2, 0) is 23.6 Å². The van der Waals surface area contributed by atoms with Gasteiger partial charge in [0.25, 0.3) is 15.9 Å². The molecule has 0 spiro atoms. The second-order valence-corrected chi connectivity index (χ2v) is 6.80. The second kappa shape index (κ2) is 5.68. The summed E-state index contributed by atoms with van der Waals surface area (Å²) >= 11 is 0. The Bertz CT molecular complexity index is 745. The van der Waals surface area contributed by atoms with Gasteiger partial charge >= 0.3 is 0 Å². The van der Waals surface area contributed by atoms with Gasteiger partial charge in [-0.2, -0.15) is 5.10 Å². The van der Waals surface area contributed by atoms with E-state index in [-0.39, 0.29) is 10.6 Å². The molecule has 1 N–H and O–H groups in total. The van der Waals surface area contributed by atoms with Crippen LogP contribution < -0.4 is 4.72 Å². The summed E-state index contributed by atoms with van der Waals surface area (Å²) in [5.74, 6) is -0.393. The fraction of sp³-hybridized carbons (Fsp3) is 0.417. The fourth-order valence-electron chi connectivity index (χ4n) is 1.77. The lowest BCUT2D eigenvalue weighted by Gasteiger charge is -2.05. The Labute approximate surface area is 122 Å². The lowest BCUT2D eigenvalue weighted by Crippen LogP contribution is -2.31. The first-order valence-electron chi connectivity index (χ1n) is 6.35. The Morgan fingerprint density at radius 3 is 2.67 bits per heavy atom. The smallest absolute Gasteiger partial charge is 0.283 e. The molecule has 2 aromatic rings. The zero-order chi connectivity index (χ0) is 15.6. The monoisotopic (exact) mass is 311 g/mol. The first kappa shape index (κ1) is 15.2. The minimum atomic E-state index is -3.94. The molecule has 0 aliphatic rings. The number of amides is 1. The van der Waals surface area contributed by atoms with E-state index in [1.165, 1.54) is 34.2 Å². The van der Waals surface area contributed by atoms with E-state index in [2.05, 4.69) is 10.1 Å². The quantitative estimate of drug-likeness (QED) is 0.861. The molecular formula is C12H17N5O3S. The van der Waals surface area contributed by atoms with Gasteiger partial charge in [-0.3, -0.25) is 9.48 Å². The Balaban J connectivity index is 2.17. The zero-order valence-electron chi connectivity index (χ0n) is 12.0. The standard InChI is InChI=1S/C12H17N5O3S/c1-9(2)6-17-7-10(4-14-17)21(19,20)15-12(18)11-5-13-8-16(11)3/h4-5,7-9H,6H2,1-3H3,(H,15,18). The van der Waals surface area contributed by atoms with Crippen LogP contribution in [0.25, 0.3) is 0 Å². The SMILES string of the molecule is CC(C)Cn1cc(S(=O)(=O)NC(=O)c2cncn2C)cn1. The molecule has 8 nitrogen and oxygen atoms in total. The summed E-state index contributed by atoms with van der Waals surface area (Å²) in [6.45, 7) is 4.60. The van der Waals surface area contributed by atoms with Crippen LogP contribution in [0.2, 0.25) is 0 Å². The predicted octanol–water partition coefficient (Wildman–Crippen LogP) is 0.391. The van der Waals surface area contributed by atoms with Crippen molar-refractivity contribution < 1.29 is 13.2 Å². The van der Waals surface area contributed by atoms with Gasteiger partial charge in [0, 0.05) is 19.8 Å². The predicted molar refractivity (Wildman–Crippen MR) is 74.9 cm³/mol. The number of hydrogen-bond acceptors (Lipinski definition) is 5. The Hall–Kier alpha value is -2.16. The zero-order valence-corrected chi connectivity index (χ0v) is 12.8. The van der Waals surface area contributed by atoms with Gasteiger partial charge in [0.15, 0.2) is 0 Å². The highest BCUT2D eigenvalue weighted by Crippen LogP contribution is 2.09. The van der Waals surface area contributed by atoms with Crippen molar-refractivity contribution in [3.63, 3.8) is 0 Å². The second-order valence-electron chi connectivity index (χ2n) is 5.12. The average Bonchev–Trinajstić information content (AvgIpc) is 2.97. The van der Waals surface area contributed by atoms with Crippen LogP contribution in [0.1, 0.15) is 24.3 Å². The molecule has 9 heteroatoms. The van der Waals surface area contributed by atoms with Crippen molar-refractivity contribution in [3.8, 4) is 0 Å². The molecule has 0 fully saturated rings. The molecule has 2 aromatic heterocycles. The van der Waals surface area contributed by atoms with E-state index in [1.54, 1.807) is 7.05 Å². The van der Waals surface area contributed by atoms with Crippen molar-refractivity contribution in [1.29, 1.82) is 0 Å². The maximum absolute atomic E-state index is 12.1. The number of imidazole rings is 1. The lowest BCUT2D eigenvalue weighted by molar-refractivity contribution is 0.0973. The topological polar surface area (TPSA) is 98.9 Å². The van der Waals surface area contributed by atoms with Crippen LogP contribution in [0, 0.1) is 5.92 Å². The van der Waals surface area contributed by atoms with Crippen molar-refractivity contribution >= 4 is 15.9 Å². The summed E-state index contributed by atoms with van der Waals surface area (Å²) in [7, 11) is -2.33. The third-order valence-corrected chi connectivity index (χ3v) is 4.03. The summed E-state index contributed by atoms with van der Waals surface area (Å²) in [6.07, 6.45) is 5.34. The first-order chi connectivity index (χ1) is 9.79. The van der Waals surface area contributed by atoms with E-state index in [0.717, 1.165) is 0 Å². The molecule has 0 saturated carbocycles. The van der Waals surface area contributed by atoms with Crippen molar-refractivity contribution in [2.45, 2.75) is 25.3 Å². The number of carbonyl (C=O) groups excluding carboxylic acids is 1. The van der Waals surface area contributed by atoms with E-state index < -0.39 is 15.9 Å². The minimum Gasteiger partial charge on any atom is -0.330 e. The van der Waals surface area contributed by atoms with E-state index in [0.29, 0.717) is 12.5 Å². The number of sulfonamides is 1. The van der Waals surface area contributed by atoms with Crippen LogP contribution in [0.4, 0.5) is 0 Å². The molecule has 114 valence electrons. The number of nitrogens with one attached hydrogen (secondary N) is 1. The van der Waals surface area contributed by atoms with Crippen LogP contribution >= 0.6 is 0 Å². The molecular weight excluding hydrogens is 294 g/mol. The summed E-state index contributed by atoms with van der Waals surface area (Å²) in [6, 6.07) is 0. The third-order valence-electron chi connectivity index (χ3n) is 2.75. The maximum Gasteiger partial charge on any atom is 0.283 e. The fourth-order valence-corrected chi connectivity index (χ4v) is 2.68. The molecule has 0 unspecified atom stereocenters. The Morgan fingerprint density at radius 1 is 1.38 bits per heavy atom. The highest BCUT2D eigenvalue weighted by atomic mass is 32.2. The van der Waals surface area contributed by atoms with Crippen LogP contribution in [0.5, 0.6) is 0 Å². The van der Waals surface area contributed by atoms with Crippen molar-refractivity contribution in [3.05, 3.63) is 30.6 Å². The third kappa shape index (κ3) is 3.48. The number of rotatable bonds is 5. The molecule has 2 rings (SSSR count). The van der Waals surface area contributed by atoms with E-state index in [1.807, 2.05) is 18.6 Å². The molecule has 21 heavy (non-hydrogen) atoms. The number of carbonyl (C=O) groups is 1. The van der Waals surface area contributed by atoms with Crippen molar-refractivity contribution in [2.24, 2.45) is 13.0 Å². The van der Waals surface area contributed by atoms with Crippen molar-refractivity contribution in [2.75, 3.05) is 0 Å². The number of aryl methyl sites for hydroxylation is 1. The highest BCUT2D eigenvalue weighted by Gasteiger charge is 2.22. The average molecular weight is 311 g/mol. The van der Waals surface area contributed by atoms with Gasteiger partial charge in [0.2, 0.25) is 0 Å². The molecule has 1 amide bonds. The van der Waals surface area contributed by atoms with E-state index in [9.17, 15) is 13.2 Å². The van der Waals surface area contributed by atoms with E-state index in [4.69, 9.17) is 0 Å². The summed E-state index contributed by atoms with van der Waals surface area (Å²) in [4.78, 5) is 15.7. The van der Waals surface area contributed by atoms with Gasteiger partial charge in [0.1, 0.15) is 10.6 Å². The number of hydrogen-bond donors (Lipinski definition) is 1. The van der Waals surface area contributed by atoms with Crippen LogP contribution in [0.15, 0.2) is 29.8 Å². The van der Waals surface area contributed by atoms with Gasteiger partial charge < -0.3 is 4.57 Å². The Kier molecular flexibility index (Phi) is 4.12. The van der Waals surface area contributed by atoms with Gasteiger partial charge in [-0.15, -0.1) is 0 Å². The number of aromatic nitrogens is 4. The minimum absolute atomic E-state index is 0.0429. The van der Waals surface area contributed by atoms with Gasteiger partial charge in [-0.25, -0.2) is 18.1 Å². The molecule has 0 atom stereocenters. The largest absolute Gasteiger partial charge is 0.330 e. The van der Waals surface area contributed by atoms with Crippen molar-refractivity contribution in [1.82, 2.24) is 24.1 Å². The lowest BCUT2D eigenvalue weighted by atomic mass is 10.2. The van der Waals surface area contributed by atoms with Gasteiger partial charge in [-0.1, -0.05) is 13.8 Å². The van der Waals surface area contributed by atoms with Crippen LogP contribution in [0.3, 0.4) is 0 Å². The normalized spacial score (nSPS) is 11.8. The molecule has 0 bridgehead atoms. The molecule has 0 aliphatic carbocycles. The summed E-state index contributed by atoms with van der Waals surface area (Å²) in [5, 5.41) is 3.98. The number of nitrogens with zero attached hydrogens (tertiary/aromatic N) is 4. The van der Waals surface area contributed by atoms with Gasteiger partial charge in [0.05, 0.1) is 18.7 Å². The summed E-state index contributed by atoms with van der Waals surface area (Å²) < 4.78 is 29.2. The summed E-state index contributed by atoms with van der Waals surface area (Å²) in [5.41, 5.74) is 0.160.